The first-order chi connectivity index (χ1) is 12.1. The smallest absolute Gasteiger partial charge is 0.170 e. The summed E-state index contributed by atoms with van der Waals surface area (Å²) in [5.74, 6) is -0.143. The van der Waals surface area contributed by atoms with Crippen molar-refractivity contribution in [1.82, 2.24) is 4.98 Å². The van der Waals surface area contributed by atoms with Gasteiger partial charge in [-0.3, -0.25) is 14.6 Å². The summed E-state index contributed by atoms with van der Waals surface area (Å²) < 4.78 is 0. The van der Waals surface area contributed by atoms with Gasteiger partial charge in [-0.05, 0) is 54.7 Å². The average Bonchev–Trinajstić information content (AvgIpc) is 2.63. The van der Waals surface area contributed by atoms with Crippen molar-refractivity contribution in [2.75, 3.05) is 0 Å². The van der Waals surface area contributed by atoms with Gasteiger partial charge in [0, 0.05) is 25.2 Å². The second-order valence-corrected chi connectivity index (χ2v) is 6.35. The van der Waals surface area contributed by atoms with E-state index in [1.807, 2.05) is 24.3 Å². The molecular weight excluding hydrogens is 310 g/mol. The Morgan fingerprint density at radius 1 is 1.16 bits per heavy atom. The summed E-state index contributed by atoms with van der Waals surface area (Å²) in [7, 11) is 0. The minimum atomic E-state index is -0.0849. The fourth-order valence-corrected chi connectivity index (χ4v) is 3.04. The largest absolute Gasteiger partial charge is 0.294 e. The third-order valence-corrected chi connectivity index (χ3v) is 4.37. The lowest BCUT2D eigenvalue weighted by molar-refractivity contribution is -0.121. The zero-order valence-electron chi connectivity index (χ0n) is 14.4. The van der Waals surface area contributed by atoms with Crippen LogP contribution in [-0.2, 0) is 16.0 Å². The summed E-state index contributed by atoms with van der Waals surface area (Å²) in [4.78, 5) is 28.7. The van der Waals surface area contributed by atoms with Gasteiger partial charge in [0.2, 0.25) is 0 Å². The highest BCUT2D eigenvalue weighted by molar-refractivity contribution is 6.23. The third-order valence-electron chi connectivity index (χ3n) is 4.37. The summed E-state index contributed by atoms with van der Waals surface area (Å²) in [6.45, 7) is 2.06. The van der Waals surface area contributed by atoms with Crippen LogP contribution in [0.4, 0.5) is 0 Å². The maximum Gasteiger partial charge on any atom is 0.170 e. The summed E-state index contributed by atoms with van der Waals surface area (Å²) in [6, 6.07) is 12.1. The van der Waals surface area contributed by atoms with Crippen LogP contribution in [0.15, 0.2) is 66.5 Å². The molecule has 25 heavy (non-hydrogen) atoms. The van der Waals surface area contributed by atoms with Crippen molar-refractivity contribution in [3.05, 3.63) is 83.2 Å². The number of aromatic nitrogens is 1. The maximum atomic E-state index is 12.5. The van der Waals surface area contributed by atoms with Crippen LogP contribution in [0.5, 0.6) is 0 Å². The molecule has 0 spiro atoms. The number of hydrogen-bond donors (Lipinski definition) is 0. The molecule has 3 rings (SSSR count). The number of Topliss-reactive ketones (excluding diaryl/α,β-unsaturated/α-hetero) is 2. The first-order valence-electron chi connectivity index (χ1n) is 8.57. The topological polar surface area (TPSA) is 47.0 Å². The minimum Gasteiger partial charge on any atom is -0.294 e. The molecular formula is C22H21NO2. The zero-order chi connectivity index (χ0) is 17.6. The summed E-state index contributed by atoms with van der Waals surface area (Å²) in [5, 5.41) is 0. The Labute approximate surface area is 148 Å². The van der Waals surface area contributed by atoms with E-state index in [-0.39, 0.29) is 18.0 Å². The first kappa shape index (κ1) is 17.0. The molecule has 0 saturated heterocycles. The number of hydrogen-bond acceptors (Lipinski definition) is 3. The number of rotatable bonds is 6. The lowest BCUT2D eigenvalue weighted by Gasteiger charge is -2.12. The van der Waals surface area contributed by atoms with Gasteiger partial charge < -0.3 is 0 Å². The second-order valence-electron chi connectivity index (χ2n) is 6.35. The highest BCUT2D eigenvalue weighted by Gasteiger charge is 2.21. The van der Waals surface area contributed by atoms with E-state index in [4.69, 9.17) is 0 Å². The van der Waals surface area contributed by atoms with E-state index in [0.29, 0.717) is 12.0 Å². The molecule has 0 amide bonds. The molecule has 3 heteroatoms. The summed E-state index contributed by atoms with van der Waals surface area (Å²) in [6.07, 6.45) is 9.32. The van der Waals surface area contributed by atoms with Crippen molar-refractivity contribution in [3.8, 4) is 0 Å². The van der Waals surface area contributed by atoms with Crippen LogP contribution in [-0.4, -0.2) is 16.6 Å². The van der Waals surface area contributed by atoms with Crippen LogP contribution in [0.3, 0.4) is 0 Å². The van der Waals surface area contributed by atoms with Gasteiger partial charge in [-0.2, -0.15) is 0 Å². The molecule has 1 aliphatic carbocycles. The number of ketones is 2. The molecule has 0 unspecified atom stereocenters. The lowest BCUT2D eigenvalue weighted by Crippen LogP contribution is -2.15. The Morgan fingerprint density at radius 3 is 2.72 bits per heavy atom. The van der Waals surface area contributed by atoms with E-state index in [1.165, 1.54) is 11.1 Å². The molecule has 0 fully saturated rings. The number of benzene rings is 1. The van der Waals surface area contributed by atoms with Gasteiger partial charge in [0.25, 0.3) is 0 Å². The molecule has 3 nitrogen and oxygen atoms in total. The first-order valence-corrected chi connectivity index (χ1v) is 8.57. The van der Waals surface area contributed by atoms with E-state index < -0.39 is 0 Å². The third kappa shape index (κ3) is 4.38. The molecule has 0 N–H and O–H groups in total. The van der Waals surface area contributed by atoms with Crippen molar-refractivity contribution < 1.29 is 9.59 Å². The van der Waals surface area contributed by atoms with Gasteiger partial charge in [0.05, 0.1) is 5.57 Å². The number of pyridine rings is 1. The van der Waals surface area contributed by atoms with Crippen molar-refractivity contribution in [3.63, 3.8) is 0 Å². The molecule has 1 heterocycles. The number of carbonyl (C=O) groups excluding carboxylic acids is 2. The zero-order valence-corrected chi connectivity index (χ0v) is 14.4. The van der Waals surface area contributed by atoms with Gasteiger partial charge in [0.1, 0.15) is 0 Å². The number of aryl methyl sites for hydroxylation is 2. The van der Waals surface area contributed by atoms with Crippen molar-refractivity contribution >= 4 is 17.1 Å². The summed E-state index contributed by atoms with van der Waals surface area (Å²) >= 11 is 0. The van der Waals surface area contributed by atoms with Crippen LogP contribution in [0.25, 0.3) is 5.57 Å². The molecule has 0 saturated carbocycles. The Kier molecular flexibility index (Phi) is 5.34. The number of allylic oxidation sites excluding steroid dienone is 4. The van der Waals surface area contributed by atoms with E-state index >= 15 is 0 Å². The minimum absolute atomic E-state index is 0.0580. The SMILES string of the molecule is Cc1cccc(CCCC(=O)C2=CC(c3ccncc3)=CCC2=O)c1. The number of nitrogens with zero attached hydrogens (tertiary/aromatic N) is 1. The van der Waals surface area contributed by atoms with Gasteiger partial charge in [-0.15, -0.1) is 0 Å². The van der Waals surface area contributed by atoms with Gasteiger partial charge in [0.15, 0.2) is 11.6 Å². The van der Waals surface area contributed by atoms with E-state index in [0.717, 1.165) is 24.0 Å². The maximum absolute atomic E-state index is 12.5. The van der Waals surface area contributed by atoms with Gasteiger partial charge in [-0.25, -0.2) is 0 Å². The van der Waals surface area contributed by atoms with E-state index in [9.17, 15) is 9.59 Å². The van der Waals surface area contributed by atoms with E-state index in [1.54, 1.807) is 18.5 Å². The second kappa shape index (κ2) is 7.84. The van der Waals surface area contributed by atoms with Crippen LogP contribution < -0.4 is 0 Å². The predicted molar refractivity (Wildman–Crippen MR) is 99.0 cm³/mol. The molecule has 1 aromatic heterocycles. The molecule has 1 aromatic carbocycles. The predicted octanol–water partition coefficient (Wildman–Crippen LogP) is 4.26. The monoisotopic (exact) mass is 331 g/mol. The molecule has 1 aliphatic rings. The fraction of sp³-hybridized carbons (Fsp3) is 0.227. The molecule has 2 aromatic rings. The molecule has 0 bridgehead atoms. The molecule has 0 aliphatic heterocycles. The fourth-order valence-electron chi connectivity index (χ4n) is 3.04. The molecule has 0 atom stereocenters. The highest BCUT2D eigenvalue weighted by Crippen LogP contribution is 2.24. The Hall–Kier alpha value is -2.81. The van der Waals surface area contributed by atoms with Crippen LogP contribution in [0.2, 0.25) is 0 Å². The highest BCUT2D eigenvalue weighted by atomic mass is 16.1. The van der Waals surface area contributed by atoms with Crippen molar-refractivity contribution in [2.45, 2.75) is 32.6 Å². The quantitative estimate of drug-likeness (QED) is 0.743. The van der Waals surface area contributed by atoms with Gasteiger partial charge in [-0.1, -0.05) is 35.9 Å². The van der Waals surface area contributed by atoms with E-state index in [2.05, 4.69) is 30.1 Å². The molecule has 0 radical (unpaired) electrons. The van der Waals surface area contributed by atoms with Crippen LogP contribution in [0, 0.1) is 6.92 Å². The van der Waals surface area contributed by atoms with Gasteiger partial charge >= 0.3 is 0 Å². The number of carbonyl (C=O) groups is 2. The Bertz CT molecular complexity index is 847. The standard InChI is InChI=1S/C22H21NO2/c1-16-4-2-5-17(14-16)6-3-7-21(24)20-15-19(8-9-22(20)25)18-10-12-23-13-11-18/h2,4-5,8,10-15H,3,6-7,9H2,1H3. The van der Waals surface area contributed by atoms with Crippen LogP contribution >= 0.6 is 0 Å². The summed E-state index contributed by atoms with van der Waals surface area (Å²) in [5.41, 5.74) is 4.69. The van der Waals surface area contributed by atoms with Crippen LogP contribution in [0.1, 0.15) is 36.0 Å². The average molecular weight is 331 g/mol. The van der Waals surface area contributed by atoms with Crippen molar-refractivity contribution in [2.24, 2.45) is 0 Å². The molecule has 126 valence electrons. The Morgan fingerprint density at radius 2 is 1.96 bits per heavy atom. The van der Waals surface area contributed by atoms with Crippen molar-refractivity contribution in [1.29, 1.82) is 0 Å². The Balaban J connectivity index is 1.65. The lowest BCUT2D eigenvalue weighted by atomic mass is 9.90. The normalized spacial score (nSPS) is 14.0.